The normalized spacial score (nSPS) is 10.7. The van der Waals surface area contributed by atoms with E-state index >= 15 is 0 Å². The van der Waals surface area contributed by atoms with E-state index in [1.807, 2.05) is 0 Å². The van der Waals surface area contributed by atoms with Crippen LogP contribution in [0.2, 0.25) is 0 Å². The smallest absolute Gasteiger partial charge is 0.317 e. The minimum Gasteiger partial charge on any atom is -0.479 e. The van der Waals surface area contributed by atoms with Gasteiger partial charge in [0.2, 0.25) is 0 Å². The van der Waals surface area contributed by atoms with Gasteiger partial charge >= 0.3 is 6.01 Å². The zero-order valence-corrected chi connectivity index (χ0v) is 10.9. The highest BCUT2D eigenvalue weighted by molar-refractivity contribution is 5.00. The van der Waals surface area contributed by atoms with Gasteiger partial charge in [0, 0.05) is 12.8 Å². The Bertz CT molecular complexity index is 300. The number of hydrogen-bond donors (Lipinski definition) is 1. The summed E-state index contributed by atoms with van der Waals surface area (Å²) in [5, 5.41) is 9.44. The van der Waals surface area contributed by atoms with E-state index in [-0.39, 0.29) is 6.01 Å². The molecule has 0 spiro atoms. The van der Waals surface area contributed by atoms with Crippen molar-refractivity contribution in [2.24, 2.45) is 0 Å². The number of aromatic hydroxyl groups is 1. The van der Waals surface area contributed by atoms with Crippen LogP contribution >= 0.6 is 0 Å². The van der Waals surface area contributed by atoms with Crippen LogP contribution in [0.15, 0.2) is 0 Å². The molecule has 0 saturated heterocycles. The first-order valence-electron chi connectivity index (χ1n) is 6.69. The second-order valence-electron chi connectivity index (χ2n) is 4.38. The maximum Gasteiger partial charge on any atom is 0.317 e. The van der Waals surface area contributed by atoms with E-state index in [0.29, 0.717) is 0 Å². The van der Waals surface area contributed by atoms with Crippen molar-refractivity contribution >= 4 is 0 Å². The third kappa shape index (κ3) is 5.61. The van der Waals surface area contributed by atoms with Gasteiger partial charge < -0.3 is 5.11 Å². The maximum atomic E-state index is 9.44. The molecule has 4 nitrogen and oxygen atoms in total. The first-order valence-corrected chi connectivity index (χ1v) is 6.69. The highest BCUT2D eigenvalue weighted by Crippen LogP contribution is 2.08. The molecular formula is C13H23N3O. The Morgan fingerprint density at radius 1 is 0.765 bits per heavy atom. The molecule has 0 aliphatic carbocycles. The van der Waals surface area contributed by atoms with Gasteiger partial charge in [0.05, 0.1) is 0 Å². The van der Waals surface area contributed by atoms with Gasteiger partial charge in [-0.25, -0.2) is 4.98 Å². The Morgan fingerprint density at radius 2 is 1.24 bits per heavy atom. The van der Waals surface area contributed by atoms with Gasteiger partial charge in [-0.15, -0.1) is 0 Å². The molecule has 0 amide bonds. The van der Waals surface area contributed by atoms with Crippen molar-refractivity contribution in [3.8, 4) is 6.01 Å². The van der Waals surface area contributed by atoms with Gasteiger partial charge in [-0.3, -0.25) is 0 Å². The van der Waals surface area contributed by atoms with Crippen molar-refractivity contribution in [3.05, 3.63) is 11.6 Å². The Morgan fingerprint density at radius 3 is 1.65 bits per heavy atom. The third-order valence-corrected chi connectivity index (χ3v) is 2.72. The van der Waals surface area contributed by atoms with Crippen LogP contribution in [0.4, 0.5) is 0 Å². The number of rotatable bonds is 8. The second-order valence-corrected chi connectivity index (χ2v) is 4.38. The molecule has 0 atom stereocenters. The number of aromatic nitrogens is 3. The first kappa shape index (κ1) is 13.9. The molecule has 0 saturated carbocycles. The molecule has 0 bridgehead atoms. The summed E-state index contributed by atoms with van der Waals surface area (Å²) in [4.78, 5) is 12.3. The molecule has 1 aromatic rings. The summed E-state index contributed by atoms with van der Waals surface area (Å²) in [6.45, 7) is 4.34. The minimum atomic E-state index is -0.127. The lowest BCUT2D eigenvalue weighted by molar-refractivity contribution is 0.419. The lowest BCUT2D eigenvalue weighted by Crippen LogP contribution is -2.03. The highest BCUT2D eigenvalue weighted by atomic mass is 16.3. The quantitative estimate of drug-likeness (QED) is 0.706. The van der Waals surface area contributed by atoms with Crippen LogP contribution in [0.5, 0.6) is 6.01 Å². The summed E-state index contributed by atoms with van der Waals surface area (Å²) in [6, 6.07) is -0.127. The van der Waals surface area contributed by atoms with E-state index in [9.17, 15) is 5.11 Å². The fraction of sp³-hybridized carbons (Fsp3) is 0.769. The molecule has 0 aliphatic heterocycles. The van der Waals surface area contributed by atoms with Crippen LogP contribution in [0.1, 0.15) is 64.0 Å². The summed E-state index contributed by atoms with van der Waals surface area (Å²) in [6.07, 6.45) is 8.55. The van der Waals surface area contributed by atoms with Crippen LogP contribution in [0.25, 0.3) is 0 Å². The summed E-state index contributed by atoms with van der Waals surface area (Å²) in [5.74, 6) is 1.47. The molecule has 0 aromatic carbocycles. The average Bonchev–Trinajstić information content (AvgIpc) is 2.29. The zero-order valence-electron chi connectivity index (χ0n) is 10.9. The summed E-state index contributed by atoms with van der Waals surface area (Å²) in [7, 11) is 0. The van der Waals surface area contributed by atoms with Gasteiger partial charge in [-0.1, -0.05) is 39.5 Å². The van der Waals surface area contributed by atoms with Crippen LogP contribution in [0.3, 0.4) is 0 Å². The van der Waals surface area contributed by atoms with Gasteiger partial charge in [0.1, 0.15) is 11.6 Å². The van der Waals surface area contributed by atoms with Crippen LogP contribution < -0.4 is 0 Å². The third-order valence-electron chi connectivity index (χ3n) is 2.72. The number of hydrogen-bond acceptors (Lipinski definition) is 4. The van der Waals surface area contributed by atoms with Gasteiger partial charge in [0.25, 0.3) is 0 Å². The SMILES string of the molecule is CCCCCc1nc(O)nc(CCCCC)n1. The summed E-state index contributed by atoms with van der Waals surface area (Å²) in [5.41, 5.74) is 0. The summed E-state index contributed by atoms with van der Waals surface area (Å²) >= 11 is 0. The van der Waals surface area contributed by atoms with Crippen molar-refractivity contribution in [2.75, 3.05) is 0 Å². The standard InChI is InChI=1S/C13H23N3O/c1-3-5-7-9-11-14-12(10-8-6-4-2)16-13(17)15-11/h3-10H2,1-2H3,(H,14,15,16,17). The van der Waals surface area contributed by atoms with Crippen molar-refractivity contribution in [1.29, 1.82) is 0 Å². The Balaban J connectivity index is 2.53. The van der Waals surface area contributed by atoms with E-state index in [1.54, 1.807) is 0 Å². The summed E-state index contributed by atoms with van der Waals surface area (Å²) < 4.78 is 0. The highest BCUT2D eigenvalue weighted by Gasteiger charge is 2.05. The van der Waals surface area contributed by atoms with Crippen LogP contribution in [-0.2, 0) is 12.8 Å². The largest absolute Gasteiger partial charge is 0.479 e. The molecule has 0 unspecified atom stereocenters. The molecule has 0 aliphatic rings. The molecule has 1 rings (SSSR count). The number of aryl methyl sites for hydroxylation is 2. The molecule has 4 heteroatoms. The first-order chi connectivity index (χ1) is 8.26. The zero-order chi connectivity index (χ0) is 12.5. The van der Waals surface area contributed by atoms with E-state index in [2.05, 4.69) is 28.8 Å². The lowest BCUT2D eigenvalue weighted by atomic mass is 10.2. The van der Waals surface area contributed by atoms with Crippen LogP contribution in [0, 0.1) is 0 Å². The molecule has 0 radical (unpaired) electrons. The predicted octanol–water partition coefficient (Wildman–Crippen LogP) is 3.04. The van der Waals surface area contributed by atoms with Crippen LogP contribution in [-0.4, -0.2) is 20.1 Å². The van der Waals surface area contributed by atoms with Gasteiger partial charge in [-0.05, 0) is 12.8 Å². The molecule has 1 heterocycles. The average molecular weight is 237 g/mol. The van der Waals surface area contributed by atoms with Crippen molar-refractivity contribution < 1.29 is 5.11 Å². The molecule has 1 aromatic heterocycles. The van der Waals surface area contributed by atoms with E-state index in [1.165, 1.54) is 25.7 Å². The maximum absolute atomic E-state index is 9.44. The monoisotopic (exact) mass is 237 g/mol. The number of unbranched alkanes of at least 4 members (excludes halogenated alkanes) is 4. The Kier molecular flexibility index (Phi) is 6.51. The number of nitrogens with zero attached hydrogens (tertiary/aromatic N) is 3. The molecule has 96 valence electrons. The van der Waals surface area contributed by atoms with Crippen molar-refractivity contribution in [3.63, 3.8) is 0 Å². The van der Waals surface area contributed by atoms with E-state index in [4.69, 9.17) is 0 Å². The van der Waals surface area contributed by atoms with E-state index in [0.717, 1.165) is 37.3 Å². The fourth-order valence-corrected chi connectivity index (χ4v) is 1.74. The molecule has 0 fully saturated rings. The fourth-order valence-electron chi connectivity index (χ4n) is 1.74. The van der Waals surface area contributed by atoms with Crippen molar-refractivity contribution in [1.82, 2.24) is 15.0 Å². The minimum absolute atomic E-state index is 0.127. The predicted molar refractivity (Wildman–Crippen MR) is 67.9 cm³/mol. The van der Waals surface area contributed by atoms with Gasteiger partial charge in [0.15, 0.2) is 0 Å². The topological polar surface area (TPSA) is 58.9 Å². The molecule has 17 heavy (non-hydrogen) atoms. The van der Waals surface area contributed by atoms with Gasteiger partial charge in [-0.2, -0.15) is 9.97 Å². The second kappa shape index (κ2) is 7.98. The van der Waals surface area contributed by atoms with Crippen molar-refractivity contribution in [2.45, 2.75) is 65.2 Å². The molecule has 1 N–H and O–H groups in total. The molecular weight excluding hydrogens is 214 g/mol. The Labute approximate surface area is 104 Å². The lowest BCUT2D eigenvalue weighted by Gasteiger charge is -2.03. The Hall–Kier alpha value is -1.19. The van der Waals surface area contributed by atoms with E-state index < -0.39 is 0 Å².